The first-order valence-corrected chi connectivity index (χ1v) is 10.1. The Morgan fingerprint density at radius 1 is 0.833 bits per heavy atom. The second-order valence-electron chi connectivity index (χ2n) is 6.86. The van der Waals surface area contributed by atoms with Crippen LogP contribution in [-0.4, -0.2) is 18.7 Å². The van der Waals surface area contributed by atoms with E-state index in [1.54, 1.807) is 13.2 Å². The summed E-state index contributed by atoms with van der Waals surface area (Å²) in [5, 5.41) is 0. The molecule has 154 valence electrons. The lowest BCUT2D eigenvalue weighted by atomic mass is 9.86. The molecule has 0 N–H and O–H groups in total. The van der Waals surface area contributed by atoms with Crippen molar-refractivity contribution in [1.29, 1.82) is 0 Å². The number of Topliss-reactive ketones (excluding diaryl/α,β-unsaturated/α-hetero) is 2. The molecule has 0 atom stereocenters. The third-order valence-corrected chi connectivity index (χ3v) is 5.46. The van der Waals surface area contributed by atoms with Crippen molar-refractivity contribution in [1.82, 2.24) is 0 Å². The van der Waals surface area contributed by atoms with Crippen molar-refractivity contribution in [2.24, 2.45) is 0 Å². The average Bonchev–Trinajstić information content (AvgIpc) is 2.74. The molecular weight excluding hydrogens is 454 g/mol. The summed E-state index contributed by atoms with van der Waals surface area (Å²) in [4.78, 5) is 25.6. The molecule has 6 heteroatoms. The third-order valence-electron chi connectivity index (χ3n) is 4.84. The fourth-order valence-corrected chi connectivity index (χ4v) is 3.76. The van der Waals surface area contributed by atoms with Gasteiger partial charge < -0.3 is 4.74 Å². The van der Waals surface area contributed by atoms with Crippen molar-refractivity contribution < 1.29 is 23.1 Å². The van der Waals surface area contributed by atoms with E-state index in [-0.39, 0.29) is 24.4 Å². The molecule has 0 aromatic heterocycles. The third kappa shape index (κ3) is 5.39. The van der Waals surface area contributed by atoms with E-state index >= 15 is 0 Å². The molecule has 3 rings (SSSR count). The van der Waals surface area contributed by atoms with Crippen LogP contribution in [-0.2, 0) is 0 Å². The minimum atomic E-state index is -0.423. The van der Waals surface area contributed by atoms with Crippen LogP contribution in [0.3, 0.4) is 0 Å². The van der Waals surface area contributed by atoms with Gasteiger partial charge in [0.25, 0.3) is 0 Å². The molecule has 3 aromatic carbocycles. The summed E-state index contributed by atoms with van der Waals surface area (Å²) in [7, 11) is 1.55. The highest BCUT2D eigenvalue weighted by atomic mass is 79.9. The predicted octanol–water partition coefficient (Wildman–Crippen LogP) is 6.37. The average molecular weight is 473 g/mol. The Bertz CT molecular complexity index is 988. The number of hydrogen-bond acceptors (Lipinski definition) is 3. The zero-order chi connectivity index (χ0) is 21.7. The molecule has 0 fully saturated rings. The van der Waals surface area contributed by atoms with Gasteiger partial charge in [-0.1, -0.05) is 6.07 Å². The Hall–Kier alpha value is -2.86. The number of rotatable bonds is 8. The zero-order valence-electron chi connectivity index (χ0n) is 16.2. The number of carbonyl (C=O) groups excluding carboxylic acids is 2. The summed E-state index contributed by atoms with van der Waals surface area (Å²) in [5.74, 6) is -1.02. The van der Waals surface area contributed by atoms with Crippen molar-refractivity contribution in [2.75, 3.05) is 7.11 Å². The van der Waals surface area contributed by atoms with Gasteiger partial charge >= 0.3 is 0 Å². The molecule has 0 saturated carbocycles. The lowest BCUT2D eigenvalue weighted by Crippen LogP contribution is -2.13. The van der Waals surface area contributed by atoms with Crippen molar-refractivity contribution >= 4 is 27.5 Å². The number of carbonyl (C=O) groups is 2. The summed E-state index contributed by atoms with van der Waals surface area (Å²) < 4.78 is 32.3. The Balaban J connectivity index is 1.88. The molecule has 0 aliphatic carbocycles. The quantitative estimate of drug-likeness (QED) is 0.358. The molecule has 0 amide bonds. The Morgan fingerprint density at radius 3 is 1.70 bits per heavy atom. The molecule has 3 nitrogen and oxygen atoms in total. The van der Waals surface area contributed by atoms with E-state index < -0.39 is 17.6 Å². The maximum absolute atomic E-state index is 13.2. The maximum Gasteiger partial charge on any atom is 0.163 e. The molecule has 30 heavy (non-hydrogen) atoms. The lowest BCUT2D eigenvalue weighted by molar-refractivity contribution is 0.0944. The minimum absolute atomic E-state index is 0.0668. The largest absolute Gasteiger partial charge is 0.496 e. The second-order valence-corrected chi connectivity index (χ2v) is 7.71. The fourth-order valence-electron chi connectivity index (χ4n) is 3.20. The SMILES string of the molecule is COc1ccc(C(CC(=O)c2ccc(F)cc2)CC(=O)c2ccc(F)cc2)cc1Br. The van der Waals surface area contributed by atoms with Gasteiger partial charge in [0.15, 0.2) is 11.6 Å². The van der Waals surface area contributed by atoms with E-state index in [4.69, 9.17) is 4.74 Å². The first-order chi connectivity index (χ1) is 14.4. The summed E-state index contributed by atoms with van der Waals surface area (Å²) in [6.45, 7) is 0. The predicted molar refractivity (Wildman–Crippen MR) is 114 cm³/mol. The summed E-state index contributed by atoms with van der Waals surface area (Å²) in [6.07, 6.45) is 0.134. The van der Waals surface area contributed by atoms with Crippen molar-refractivity contribution in [3.05, 3.63) is 99.5 Å². The van der Waals surface area contributed by atoms with Gasteiger partial charge in [0.1, 0.15) is 17.4 Å². The smallest absolute Gasteiger partial charge is 0.163 e. The minimum Gasteiger partial charge on any atom is -0.496 e. The normalized spacial score (nSPS) is 10.8. The molecule has 0 heterocycles. The van der Waals surface area contributed by atoms with E-state index in [9.17, 15) is 18.4 Å². The number of methoxy groups -OCH3 is 1. The molecular formula is C24H19BrF2O3. The standard InChI is InChI=1S/C24H19BrF2O3/c1-30-24-11-6-17(12-21(24)25)18(13-22(28)15-2-7-19(26)8-3-15)14-23(29)16-4-9-20(27)10-5-16/h2-12,18H,13-14H2,1H3. The van der Waals surface area contributed by atoms with Crippen molar-refractivity contribution in [3.8, 4) is 5.75 Å². The van der Waals surface area contributed by atoms with Gasteiger partial charge in [-0.2, -0.15) is 0 Å². The highest BCUT2D eigenvalue weighted by molar-refractivity contribution is 9.10. The number of hydrogen-bond donors (Lipinski definition) is 0. The van der Waals surface area contributed by atoms with E-state index in [0.29, 0.717) is 21.3 Å². The molecule has 0 bridgehead atoms. The Kier molecular flexibility index (Phi) is 7.11. The van der Waals surface area contributed by atoms with Gasteiger partial charge in [-0.15, -0.1) is 0 Å². The number of ether oxygens (including phenoxy) is 1. The summed E-state index contributed by atoms with van der Waals surface area (Å²) in [5.41, 5.74) is 1.54. The number of benzene rings is 3. The van der Waals surface area contributed by atoms with Crippen molar-refractivity contribution in [2.45, 2.75) is 18.8 Å². The molecule has 0 saturated heterocycles. The second kappa shape index (κ2) is 9.76. The molecule has 0 radical (unpaired) electrons. The maximum atomic E-state index is 13.2. The monoisotopic (exact) mass is 472 g/mol. The van der Waals surface area contributed by atoms with E-state index in [1.165, 1.54) is 48.5 Å². The molecule has 0 aliphatic heterocycles. The van der Waals surface area contributed by atoms with Crippen LogP contribution in [0.1, 0.15) is 45.0 Å². The Morgan fingerprint density at radius 2 is 1.30 bits per heavy atom. The molecule has 0 aliphatic rings. The highest BCUT2D eigenvalue weighted by Crippen LogP contribution is 2.33. The van der Waals surface area contributed by atoms with Crippen LogP contribution in [0.4, 0.5) is 8.78 Å². The van der Waals surface area contributed by atoms with Gasteiger partial charge in [0.2, 0.25) is 0 Å². The highest BCUT2D eigenvalue weighted by Gasteiger charge is 2.22. The first-order valence-electron chi connectivity index (χ1n) is 9.28. The topological polar surface area (TPSA) is 43.4 Å². The van der Waals surface area contributed by atoms with E-state index in [1.807, 2.05) is 12.1 Å². The van der Waals surface area contributed by atoms with Crippen molar-refractivity contribution in [3.63, 3.8) is 0 Å². The van der Waals surface area contributed by atoms with Crippen LogP contribution >= 0.6 is 15.9 Å². The molecule has 0 unspecified atom stereocenters. The van der Waals surface area contributed by atoms with Gasteiger partial charge in [-0.05, 0) is 88.1 Å². The molecule has 0 spiro atoms. The van der Waals surface area contributed by atoms with Gasteiger partial charge in [-0.25, -0.2) is 8.78 Å². The summed E-state index contributed by atoms with van der Waals surface area (Å²) >= 11 is 3.44. The van der Waals surface area contributed by atoms with Crippen LogP contribution in [0.5, 0.6) is 5.75 Å². The Labute approximate surface area is 181 Å². The number of halogens is 3. The van der Waals surface area contributed by atoms with E-state index in [2.05, 4.69) is 15.9 Å². The van der Waals surface area contributed by atoms with Gasteiger partial charge in [0, 0.05) is 24.0 Å². The van der Waals surface area contributed by atoms with Crippen LogP contribution in [0.15, 0.2) is 71.2 Å². The fraction of sp³-hybridized carbons (Fsp3) is 0.167. The van der Waals surface area contributed by atoms with Gasteiger partial charge in [-0.3, -0.25) is 9.59 Å². The first kappa shape index (κ1) is 21.8. The van der Waals surface area contributed by atoms with Gasteiger partial charge in [0.05, 0.1) is 11.6 Å². The van der Waals surface area contributed by atoms with Crippen LogP contribution in [0.2, 0.25) is 0 Å². The van der Waals surface area contributed by atoms with Crippen LogP contribution < -0.4 is 4.74 Å². The lowest BCUT2D eigenvalue weighted by Gasteiger charge is -2.18. The number of ketones is 2. The van der Waals surface area contributed by atoms with Crippen LogP contribution in [0, 0.1) is 11.6 Å². The zero-order valence-corrected chi connectivity index (χ0v) is 17.8. The van der Waals surface area contributed by atoms with Crippen LogP contribution in [0.25, 0.3) is 0 Å². The van der Waals surface area contributed by atoms with E-state index in [0.717, 1.165) is 5.56 Å². The molecule has 3 aromatic rings. The summed E-state index contributed by atoms with van der Waals surface area (Å²) in [6, 6.07) is 16.0.